The van der Waals surface area contributed by atoms with Gasteiger partial charge in [0.2, 0.25) is 0 Å². The number of hydrogen-bond acceptors (Lipinski definition) is 2. The van der Waals surface area contributed by atoms with Crippen LogP contribution in [0, 0.1) is 5.41 Å². The molecule has 3 heteroatoms. The monoisotopic (exact) mass is 215 g/mol. The van der Waals surface area contributed by atoms with Crippen LogP contribution in [0.25, 0.3) is 0 Å². The zero-order valence-electron chi connectivity index (χ0n) is 7.55. The fourth-order valence-corrected chi connectivity index (χ4v) is 2.43. The summed E-state index contributed by atoms with van der Waals surface area (Å²) in [5.41, 5.74) is 0.443. The summed E-state index contributed by atoms with van der Waals surface area (Å²) in [7, 11) is 0. The van der Waals surface area contributed by atoms with E-state index in [1.807, 2.05) is 0 Å². The van der Waals surface area contributed by atoms with Gasteiger partial charge in [0, 0.05) is 23.8 Å². The van der Waals surface area contributed by atoms with E-state index in [0.29, 0.717) is 5.41 Å². The molecular weight excluding hydrogens is 202 g/mol. The van der Waals surface area contributed by atoms with Gasteiger partial charge in [-0.3, -0.25) is 0 Å². The lowest BCUT2D eigenvalue weighted by atomic mass is 10.1. The van der Waals surface area contributed by atoms with E-state index >= 15 is 0 Å². The first-order valence-electron chi connectivity index (χ1n) is 4.64. The van der Waals surface area contributed by atoms with E-state index in [0.717, 1.165) is 19.0 Å². The highest BCUT2D eigenvalue weighted by Gasteiger charge is 2.40. The van der Waals surface area contributed by atoms with Crippen LogP contribution in [-0.4, -0.2) is 12.4 Å². The third kappa shape index (κ3) is 2.46. The summed E-state index contributed by atoms with van der Waals surface area (Å²) in [4.78, 5) is 1.41. The third-order valence-corrected chi connectivity index (χ3v) is 4.06. The molecular formula is C10H14ClNS. The quantitative estimate of drug-likeness (QED) is 0.745. The lowest BCUT2D eigenvalue weighted by Gasteiger charge is -2.11. The zero-order chi connectivity index (χ0) is 9.15. The summed E-state index contributed by atoms with van der Waals surface area (Å²) < 4.78 is 0. The van der Waals surface area contributed by atoms with Crippen LogP contribution in [0.4, 0.5) is 0 Å². The van der Waals surface area contributed by atoms with E-state index in [1.165, 1.54) is 17.7 Å². The second kappa shape index (κ2) is 3.99. The SMILES string of the molecule is ClCC1(CNCc2cccs2)CC1. The Labute approximate surface area is 88.1 Å². The maximum atomic E-state index is 5.88. The Morgan fingerprint density at radius 2 is 2.38 bits per heavy atom. The molecule has 13 heavy (non-hydrogen) atoms. The van der Waals surface area contributed by atoms with Gasteiger partial charge < -0.3 is 5.32 Å². The highest BCUT2D eigenvalue weighted by molar-refractivity contribution is 7.09. The van der Waals surface area contributed by atoms with Gasteiger partial charge in [0.1, 0.15) is 0 Å². The largest absolute Gasteiger partial charge is 0.311 e. The average Bonchev–Trinajstić information content (AvgIpc) is 2.74. The summed E-state index contributed by atoms with van der Waals surface area (Å²) in [6.45, 7) is 2.07. The van der Waals surface area contributed by atoms with E-state index in [4.69, 9.17) is 11.6 Å². The summed E-state index contributed by atoms with van der Waals surface area (Å²) >= 11 is 7.68. The molecule has 0 aromatic carbocycles. The lowest BCUT2D eigenvalue weighted by Crippen LogP contribution is -2.24. The van der Waals surface area contributed by atoms with Crippen molar-refractivity contribution in [1.29, 1.82) is 0 Å². The molecule has 1 nitrogen and oxygen atoms in total. The van der Waals surface area contributed by atoms with Crippen LogP contribution in [0.3, 0.4) is 0 Å². The van der Waals surface area contributed by atoms with Crippen molar-refractivity contribution in [1.82, 2.24) is 5.32 Å². The van der Waals surface area contributed by atoms with Crippen molar-refractivity contribution in [3.8, 4) is 0 Å². The van der Waals surface area contributed by atoms with Gasteiger partial charge >= 0.3 is 0 Å². The number of thiophene rings is 1. The summed E-state index contributed by atoms with van der Waals surface area (Å²) in [6.07, 6.45) is 2.60. The molecule has 72 valence electrons. The van der Waals surface area contributed by atoms with Crippen molar-refractivity contribution in [2.45, 2.75) is 19.4 Å². The Kier molecular flexibility index (Phi) is 2.92. The molecule has 1 aliphatic carbocycles. The number of hydrogen-bond donors (Lipinski definition) is 1. The molecule has 0 radical (unpaired) electrons. The molecule has 2 rings (SSSR count). The van der Waals surface area contributed by atoms with Gasteiger partial charge in [-0.05, 0) is 29.7 Å². The smallest absolute Gasteiger partial charge is 0.0299 e. The molecule has 0 spiro atoms. The molecule has 1 heterocycles. The molecule has 0 saturated heterocycles. The van der Waals surface area contributed by atoms with Crippen molar-refractivity contribution < 1.29 is 0 Å². The van der Waals surface area contributed by atoms with Crippen molar-refractivity contribution in [3.05, 3.63) is 22.4 Å². The first-order chi connectivity index (χ1) is 6.35. The predicted octanol–water partition coefficient (Wildman–Crippen LogP) is 2.86. The Bertz CT molecular complexity index is 254. The second-order valence-corrected chi connectivity index (χ2v) is 5.12. The second-order valence-electron chi connectivity index (χ2n) is 3.82. The Balaban J connectivity index is 1.70. The van der Waals surface area contributed by atoms with Crippen LogP contribution >= 0.6 is 22.9 Å². The molecule has 1 N–H and O–H groups in total. The minimum absolute atomic E-state index is 0.443. The summed E-state index contributed by atoms with van der Waals surface area (Å²) in [5, 5.41) is 5.58. The number of alkyl halides is 1. The average molecular weight is 216 g/mol. The van der Waals surface area contributed by atoms with E-state index in [-0.39, 0.29) is 0 Å². The van der Waals surface area contributed by atoms with E-state index in [2.05, 4.69) is 22.8 Å². The number of rotatable bonds is 5. The zero-order valence-corrected chi connectivity index (χ0v) is 9.13. The van der Waals surface area contributed by atoms with E-state index in [9.17, 15) is 0 Å². The van der Waals surface area contributed by atoms with Gasteiger partial charge in [0.05, 0.1) is 0 Å². The van der Waals surface area contributed by atoms with Gasteiger partial charge in [0.15, 0.2) is 0 Å². The minimum atomic E-state index is 0.443. The Morgan fingerprint density at radius 1 is 1.54 bits per heavy atom. The molecule has 1 aromatic rings. The van der Waals surface area contributed by atoms with E-state index in [1.54, 1.807) is 11.3 Å². The molecule has 1 saturated carbocycles. The molecule has 0 bridgehead atoms. The number of nitrogens with one attached hydrogen (secondary N) is 1. The fourth-order valence-electron chi connectivity index (χ4n) is 1.40. The highest BCUT2D eigenvalue weighted by atomic mass is 35.5. The highest BCUT2D eigenvalue weighted by Crippen LogP contribution is 2.45. The van der Waals surface area contributed by atoms with Gasteiger partial charge in [0.25, 0.3) is 0 Å². The van der Waals surface area contributed by atoms with Crippen molar-refractivity contribution in [2.24, 2.45) is 5.41 Å². The van der Waals surface area contributed by atoms with Crippen LogP contribution in [0.1, 0.15) is 17.7 Å². The molecule has 0 amide bonds. The fraction of sp³-hybridized carbons (Fsp3) is 0.600. The van der Waals surface area contributed by atoms with Crippen molar-refractivity contribution in [3.63, 3.8) is 0 Å². The van der Waals surface area contributed by atoms with Gasteiger partial charge in [-0.2, -0.15) is 0 Å². The van der Waals surface area contributed by atoms with Gasteiger partial charge in [-0.25, -0.2) is 0 Å². The maximum Gasteiger partial charge on any atom is 0.0299 e. The van der Waals surface area contributed by atoms with Gasteiger partial charge in [-0.1, -0.05) is 6.07 Å². The van der Waals surface area contributed by atoms with Gasteiger partial charge in [-0.15, -0.1) is 22.9 Å². The topological polar surface area (TPSA) is 12.0 Å². The van der Waals surface area contributed by atoms with Crippen molar-refractivity contribution in [2.75, 3.05) is 12.4 Å². The Morgan fingerprint density at radius 3 is 2.92 bits per heavy atom. The third-order valence-electron chi connectivity index (χ3n) is 2.62. The van der Waals surface area contributed by atoms with E-state index < -0.39 is 0 Å². The van der Waals surface area contributed by atoms with Crippen LogP contribution in [0.15, 0.2) is 17.5 Å². The number of halogens is 1. The lowest BCUT2D eigenvalue weighted by molar-refractivity contribution is 0.506. The Hall–Kier alpha value is -0.0500. The summed E-state index contributed by atoms with van der Waals surface area (Å²) in [6, 6.07) is 4.26. The van der Waals surface area contributed by atoms with Crippen LogP contribution in [0.5, 0.6) is 0 Å². The van der Waals surface area contributed by atoms with Crippen LogP contribution < -0.4 is 5.32 Å². The van der Waals surface area contributed by atoms with Crippen molar-refractivity contribution >= 4 is 22.9 Å². The van der Waals surface area contributed by atoms with Crippen LogP contribution in [-0.2, 0) is 6.54 Å². The molecule has 0 aliphatic heterocycles. The first kappa shape index (κ1) is 9.50. The minimum Gasteiger partial charge on any atom is -0.311 e. The summed E-state index contributed by atoms with van der Waals surface area (Å²) in [5.74, 6) is 0.810. The first-order valence-corrected chi connectivity index (χ1v) is 6.05. The molecule has 1 fully saturated rings. The molecule has 0 atom stereocenters. The molecule has 1 aromatic heterocycles. The normalized spacial score (nSPS) is 18.8. The standard InChI is InChI=1S/C10H14ClNS/c11-7-10(3-4-10)8-12-6-9-2-1-5-13-9/h1-2,5,12H,3-4,6-8H2. The molecule has 1 aliphatic rings. The predicted molar refractivity (Wildman–Crippen MR) is 58.4 cm³/mol. The molecule has 0 unspecified atom stereocenters. The van der Waals surface area contributed by atoms with Crippen LogP contribution in [0.2, 0.25) is 0 Å². The maximum absolute atomic E-state index is 5.88.